The first-order valence-electron chi connectivity index (χ1n) is 5.72. The van der Waals surface area contributed by atoms with Gasteiger partial charge in [-0.2, -0.15) is 5.26 Å². The summed E-state index contributed by atoms with van der Waals surface area (Å²) in [6, 6.07) is 3.26. The first kappa shape index (κ1) is 11.9. The normalized spacial score (nSPS) is 13.7. The van der Waals surface area contributed by atoms with E-state index >= 15 is 0 Å². The van der Waals surface area contributed by atoms with Crippen molar-refractivity contribution in [3.05, 3.63) is 28.6 Å². The molecule has 0 bridgehead atoms. The smallest absolute Gasteiger partial charge is 0.145 e. The molecule has 0 aliphatic carbocycles. The van der Waals surface area contributed by atoms with Gasteiger partial charge in [-0.05, 0) is 31.4 Å². The van der Waals surface area contributed by atoms with E-state index in [4.69, 9.17) is 14.7 Å². The molecule has 0 amide bonds. The Morgan fingerprint density at radius 2 is 2.41 bits per heavy atom. The fraction of sp³-hybridized carbons (Fsp3) is 0.462. The molecule has 0 N–H and O–H groups in total. The zero-order valence-corrected chi connectivity index (χ0v) is 9.75. The molecule has 90 valence electrons. The van der Waals surface area contributed by atoms with Crippen molar-refractivity contribution in [3.8, 4) is 11.8 Å². The molecule has 0 saturated carbocycles. The molecule has 0 unspecified atom stereocenters. The van der Waals surface area contributed by atoms with E-state index in [2.05, 4.69) is 0 Å². The molecule has 1 aliphatic rings. The van der Waals surface area contributed by atoms with Crippen LogP contribution in [0.1, 0.15) is 30.0 Å². The van der Waals surface area contributed by atoms with E-state index in [1.807, 2.05) is 13.0 Å². The molecule has 0 aromatic heterocycles. The molecule has 4 heteroatoms. The van der Waals surface area contributed by atoms with Crippen molar-refractivity contribution in [1.82, 2.24) is 0 Å². The Hall–Kier alpha value is -1.60. The van der Waals surface area contributed by atoms with Crippen LogP contribution in [0.15, 0.2) is 6.07 Å². The van der Waals surface area contributed by atoms with Crippen LogP contribution < -0.4 is 4.74 Å². The summed E-state index contributed by atoms with van der Waals surface area (Å²) in [4.78, 5) is 0. The molecule has 1 heterocycles. The zero-order valence-electron chi connectivity index (χ0n) is 9.75. The fourth-order valence-corrected chi connectivity index (χ4v) is 2.02. The maximum absolute atomic E-state index is 13.7. The molecule has 0 saturated heterocycles. The van der Waals surface area contributed by atoms with Gasteiger partial charge in [0.15, 0.2) is 0 Å². The minimum Gasteiger partial charge on any atom is -0.492 e. The van der Waals surface area contributed by atoms with E-state index < -0.39 is 5.82 Å². The quantitative estimate of drug-likeness (QED) is 0.808. The summed E-state index contributed by atoms with van der Waals surface area (Å²) < 4.78 is 24.4. The summed E-state index contributed by atoms with van der Waals surface area (Å²) in [7, 11) is 0. The SMILES string of the molecule is CCOCc1cc(F)c(C#N)c2c1CCCO2. The highest BCUT2D eigenvalue weighted by molar-refractivity contribution is 5.53. The molecule has 1 aliphatic heterocycles. The number of nitrogens with zero attached hydrogens (tertiary/aromatic N) is 1. The van der Waals surface area contributed by atoms with Gasteiger partial charge in [0, 0.05) is 12.2 Å². The molecule has 0 spiro atoms. The van der Waals surface area contributed by atoms with Gasteiger partial charge < -0.3 is 9.47 Å². The first-order chi connectivity index (χ1) is 8.27. The molecule has 3 nitrogen and oxygen atoms in total. The van der Waals surface area contributed by atoms with E-state index in [0.717, 1.165) is 24.0 Å². The van der Waals surface area contributed by atoms with Gasteiger partial charge in [-0.15, -0.1) is 0 Å². The second-order valence-electron chi connectivity index (χ2n) is 3.90. The average molecular weight is 235 g/mol. The minimum atomic E-state index is -0.525. The van der Waals surface area contributed by atoms with Crippen LogP contribution >= 0.6 is 0 Å². The number of hydrogen-bond acceptors (Lipinski definition) is 3. The van der Waals surface area contributed by atoms with Crippen molar-refractivity contribution in [3.63, 3.8) is 0 Å². The molecule has 1 aromatic carbocycles. The topological polar surface area (TPSA) is 42.2 Å². The van der Waals surface area contributed by atoms with Gasteiger partial charge in [0.1, 0.15) is 23.2 Å². The molecule has 2 rings (SSSR count). The standard InChI is InChI=1S/C13H14FNO2/c1-2-16-8-9-6-12(14)11(7-15)13-10(9)4-3-5-17-13/h6H,2-5,8H2,1H3. The van der Waals surface area contributed by atoms with E-state index in [0.29, 0.717) is 25.6 Å². The summed E-state index contributed by atoms with van der Waals surface area (Å²) in [5.41, 5.74) is 1.72. The number of rotatable bonds is 3. The predicted molar refractivity (Wildman–Crippen MR) is 60.3 cm³/mol. The van der Waals surface area contributed by atoms with Crippen LogP contribution in [0, 0.1) is 17.1 Å². The van der Waals surface area contributed by atoms with Crippen LogP contribution in [-0.2, 0) is 17.8 Å². The molecule has 0 radical (unpaired) electrons. The summed E-state index contributed by atoms with van der Waals surface area (Å²) >= 11 is 0. The highest BCUT2D eigenvalue weighted by Crippen LogP contribution is 2.33. The lowest BCUT2D eigenvalue weighted by molar-refractivity contribution is 0.132. The van der Waals surface area contributed by atoms with Crippen LogP contribution in [0.5, 0.6) is 5.75 Å². The third-order valence-corrected chi connectivity index (χ3v) is 2.82. The van der Waals surface area contributed by atoms with Gasteiger partial charge in [-0.3, -0.25) is 0 Å². The van der Waals surface area contributed by atoms with Crippen LogP contribution in [0.2, 0.25) is 0 Å². The van der Waals surface area contributed by atoms with Crippen molar-refractivity contribution in [2.45, 2.75) is 26.4 Å². The Morgan fingerprint density at radius 1 is 1.59 bits per heavy atom. The van der Waals surface area contributed by atoms with Gasteiger partial charge >= 0.3 is 0 Å². The van der Waals surface area contributed by atoms with Crippen molar-refractivity contribution in [2.24, 2.45) is 0 Å². The summed E-state index contributed by atoms with van der Waals surface area (Å²) in [6.07, 6.45) is 1.70. The third kappa shape index (κ3) is 2.25. The maximum Gasteiger partial charge on any atom is 0.145 e. The second kappa shape index (κ2) is 5.15. The van der Waals surface area contributed by atoms with Crippen LogP contribution in [0.25, 0.3) is 0 Å². The van der Waals surface area contributed by atoms with Crippen LogP contribution in [0.3, 0.4) is 0 Å². The monoisotopic (exact) mass is 235 g/mol. The zero-order chi connectivity index (χ0) is 12.3. The molecule has 0 atom stereocenters. The van der Waals surface area contributed by atoms with Gasteiger partial charge in [-0.25, -0.2) is 4.39 Å². The van der Waals surface area contributed by atoms with E-state index in [1.165, 1.54) is 6.07 Å². The largest absolute Gasteiger partial charge is 0.492 e. The van der Waals surface area contributed by atoms with Crippen molar-refractivity contribution in [1.29, 1.82) is 5.26 Å². The second-order valence-corrected chi connectivity index (χ2v) is 3.90. The summed E-state index contributed by atoms with van der Waals surface area (Å²) in [6.45, 7) is 3.38. The van der Waals surface area contributed by atoms with Crippen molar-refractivity contribution in [2.75, 3.05) is 13.2 Å². The van der Waals surface area contributed by atoms with Crippen molar-refractivity contribution >= 4 is 0 Å². The Bertz CT molecular complexity index is 465. The minimum absolute atomic E-state index is 0.0138. The Balaban J connectivity index is 2.47. The molecule has 0 fully saturated rings. The summed E-state index contributed by atoms with van der Waals surface area (Å²) in [5, 5.41) is 8.94. The number of fused-ring (bicyclic) bond motifs is 1. The Labute approximate surface area is 99.8 Å². The fourth-order valence-electron chi connectivity index (χ4n) is 2.02. The highest BCUT2D eigenvalue weighted by atomic mass is 19.1. The molecular formula is C13H14FNO2. The predicted octanol–water partition coefficient (Wildman–Crippen LogP) is 2.56. The number of ether oxygens (including phenoxy) is 2. The van der Waals surface area contributed by atoms with Gasteiger partial charge in [0.2, 0.25) is 0 Å². The average Bonchev–Trinajstić information content (AvgIpc) is 2.36. The Morgan fingerprint density at radius 3 is 3.12 bits per heavy atom. The number of halogens is 1. The first-order valence-corrected chi connectivity index (χ1v) is 5.72. The number of hydrogen-bond donors (Lipinski definition) is 0. The van der Waals surface area contributed by atoms with Gasteiger partial charge in [0.05, 0.1) is 13.2 Å². The molecular weight excluding hydrogens is 221 g/mol. The van der Waals surface area contributed by atoms with Crippen molar-refractivity contribution < 1.29 is 13.9 Å². The van der Waals surface area contributed by atoms with Crippen LogP contribution in [-0.4, -0.2) is 13.2 Å². The molecule has 1 aromatic rings. The highest BCUT2D eigenvalue weighted by Gasteiger charge is 2.22. The third-order valence-electron chi connectivity index (χ3n) is 2.82. The van der Waals surface area contributed by atoms with Crippen LogP contribution in [0.4, 0.5) is 4.39 Å². The number of nitriles is 1. The number of benzene rings is 1. The Kier molecular flexibility index (Phi) is 3.60. The lowest BCUT2D eigenvalue weighted by Gasteiger charge is -2.21. The lowest BCUT2D eigenvalue weighted by Crippen LogP contribution is -2.14. The summed E-state index contributed by atoms with van der Waals surface area (Å²) in [5.74, 6) is -0.115. The molecule has 17 heavy (non-hydrogen) atoms. The van der Waals surface area contributed by atoms with E-state index in [9.17, 15) is 4.39 Å². The van der Waals surface area contributed by atoms with E-state index in [1.54, 1.807) is 0 Å². The van der Waals surface area contributed by atoms with Gasteiger partial charge in [-0.1, -0.05) is 0 Å². The maximum atomic E-state index is 13.7. The lowest BCUT2D eigenvalue weighted by atomic mass is 9.97. The van der Waals surface area contributed by atoms with Gasteiger partial charge in [0.25, 0.3) is 0 Å². The van der Waals surface area contributed by atoms with E-state index in [-0.39, 0.29) is 5.56 Å².